The van der Waals surface area contributed by atoms with E-state index in [1.807, 2.05) is 6.20 Å². The van der Waals surface area contributed by atoms with Gasteiger partial charge in [0.05, 0.1) is 6.61 Å². The van der Waals surface area contributed by atoms with Gasteiger partial charge in [-0.05, 0) is 26.7 Å². The van der Waals surface area contributed by atoms with Crippen LogP contribution in [0, 0.1) is 5.92 Å². The monoisotopic (exact) mass is 299 g/mol. The summed E-state index contributed by atoms with van der Waals surface area (Å²) in [6, 6.07) is 0. The molecule has 0 aliphatic carbocycles. The van der Waals surface area contributed by atoms with Crippen LogP contribution in [0.1, 0.15) is 39.5 Å². The molecule has 0 saturated carbocycles. The molecule has 0 unspecified atom stereocenters. The fourth-order valence-electron chi connectivity index (χ4n) is 1.78. The summed E-state index contributed by atoms with van der Waals surface area (Å²) in [5.41, 5.74) is 0.137. The van der Waals surface area contributed by atoms with Crippen LogP contribution >= 0.6 is 11.3 Å². The number of ether oxygens (including phenoxy) is 1. The van der Waals surface area contributed by atoms with Gasteiger partial charge in [-0.1, -0.05) is 13.8 Å². The molecule has 0 atom stereocenters. The summed E-state index contributed by atoms with van der Waals surface area (Å²) in [7, 11) is 1.74. The molecular formula is C15H29N3OS. The van der Waals surface area contributed by atoms with Gasteiger partial charge < -0.3 is 15.0 Å². The lowest BCUT2D eigenvalue weighted by molar-refractivity contribution is 0.204. The SMILES string of the molecule is COCCN(CC(C)C)c1ncc(CNC(C)(C)C)s1. The molecule has 1 aromatic heterocycles. The maximum Gasteiger partial charge on any atom is 0.185 e. The number of thiazole rings is 1. The lowest BCUT2D eigenvalue weighted by Crippen LogP contribution is -2.34. The zero-order valence-electron chi connectivity index (χ0n) is 13.7. The van der Waals surface area contributed by atoms with Crippen LogP contribution in [0.3, 0.4) is 0 Å². The normalized spacial score (nSPS) is 12.2. The van der Waals surface area contributed by atoms with Crippen molar-refractivity contribution >= 4 is 16.5 Å². The first kappa shape index (κ1) is 17.4. The topological polar surface area (TPSA) is 37.4 Å². The summed E-state index contributed by atoms with van der Waals surface area (Å²) < 4.78 is 5.20. The predicted octanol–water partition coefficient (Wildman–Crippen LogP) is 3.14. The van der Waals surface area contributed by atoms with Gasteiger partial charge in [0.15, 0.2) is 5.13 Å². The Hall–Kier alpha value is -0.650. The van der Waals surface area contributed by atoms with Gasteiger partial charge in [0.25, 0.3) is 0 Å². The van der Waals surface area contributed by atoms with Crippen LogP contribution in [0.25, 0.3) is 0 Å². The van der Waals surface area contributed by atoms with E-state index >= 15 is 0 Å². The average molecular weight is 299 g/mol. The molecule has 0 aliphatic rings. The third-order valence-electron chi connectivity index (χ3n) is 2.76. The van der Waals surface area contributed by atoms with Crippen LogP contribution in [0.4, 0.5) is 5.13 Å². The molecule has 0 spiro atoms. The van der Waals surface area contributed by atoms with Crippen LogP contribution in [0.15, 0.2) is 6.20 Å². The second kappa shape index (κ2) is 7.96. The number of anilines is 1. The molecule has 0 bridgehead atoms. The first-order valence-electron chi connectivity index (χ1n) is 7.25. The summed E-state index contributed by atoms with van der Waals surface area (Å²) in [5, 5.41) is 4.60. The highest BCUT2D eigenvalue weighted by molar-refractivity contribution is 7.15. The van der Waals surface area contributed by atoms with Gasteiger partial charge in [-0.25, -0.2) is 4.98 Å². The van der Waals surface area contributed by atoms with Crippen molar-refractivity contribution < 1.29 is 4.74 Å². The van der Waals surface area contributed by atoms with Gasteiger partial charge in [0.2, 0.25) is 0 Å². The molecule has 0 amide bonds. The fourth-order valence-corrected chi connectivity index (χ4v) is 2.67. The van der Waals surface area contributed by atoms with E-state index in [1.165, 1.54) is 4.88 Å². The van der Waals surface area contributed by atoms with E-state index in [9.17, 15) is 0 Å². The Kier molecular flexibility index (Phi) is 6.92. The van der Waals surface area contributed by atoms with E-state index in [4.69, 9.17) is 4.74 Å². The van der Waals surface area contributed by atoms with Crippen LogP contribution < -0.4 is 10.2 Å². The average Bonchev–Trinajstić information content (AvgIpc) is 2.79. The Morgan fingerprint density at radius 2 is 2.10 bits per heavy atom. The summed E-state index contributed by atoms with van der Waals surface area (Å²) in [6.07, 6.45) is 1.98. The standard InChI is InChI=1S/C15H29N3OS/c1-12(2)11-18(7-8-19-6)14-16-9-13(20-14)10-17-15(3,4)5/h9,12,17H,7-8,10-11H2,1-6H3. The number of nitrogens with one attached hydrogen (secondary N) is 1. The van der Waals surface area contributed by atoms with Crippen molar-refractivity contribution in [1.29, 1.82) is 0 Å². The first-order valence-corrected chi connectivity index (χ1v) is 8.07. The number of aromatic nitrogens is 1. The molecule has 1 heterocycles. The number of rotatable bonds is 8. The number of methoxy groups -OCH3 is 1. The first-order chi connectivity index (χ1) is 9.31. The van der Waals surface area contributed by atoms with Crippen molar-refractivity contribution in [2.24, 2.45) is 5.92 Å². The molecule has 116 valence electrons. The van der Waals surface area contributed by atoms with Crippen molar-refractivity contribution in [2.75, 3.05) is 31.7 Å². The van der Waals surface area contributed by atoms with Crippen LogP contribution in [-0.2, 0) is 11.3 Å². The third kappa shape index (κ3) is 6.68. The summed E-state index contributed by atoms with van der Waals surface area (Å²) >= 11 is 1.77. The highest BCUT2D eigenvalue weighted by atomic mass is 32.1. The van der Waals surface area contributed by atoms with Crippen LogP contribution in [0.5, 0.6) is 0 Å². The van der Waals surface area contributed by atoms with E-state index in [-0.39, 0.29) is 5.54 Å². The molecule has 1 N–H and O–H groups in total. The van der Waals surface area contributed by atoms with E-state index in [0.717, 1.165) is 31.4 Å². The second-order valence-electron chi connectivity index (χ2n) is 6.55. The Balaban J connectivity index is 2.64. The third-order valence-corrected chi connectivity index (χ3v) is 3.81. The molecule has 0 saturated heterocycles. The van der Waals surface area contributed by atoms with E-state index < -0.39 is 0 Å². The lowest BCUT2D eigenvalue weighted by atomic mass is 10.1. The minimum atomic E-state index is 0.137. The maximum atomic E-state index is 5.20. The largest absolute Gasteiger partial charge is 0.383 e. The van der Waals surface area contributed by atoms with Gasteiger partial charge in [-0.2, -0.15) is 0 Å². The molecule has 0 aromatic carbocycles. The van der Waals surface area contributed by atoms with Crippen LogP contribution in [0.2, 0.25) is 0 Å². The Morgan fingerprint density at radius 3 is 2.65 bits per heavy atom. The zero-order chi connectivity index (χ0) is 15.2. The van der Waals surface area contributed by atoms with Gasteiger partial charge in [0.1, 0.15) is 0 Å². The lowest BCUT2D eigenvalue weighted by Gasteiger charge is -2.23. The minimum absolute atomic E-state index is 0.137. The smallest absolute Gasteiger partial charge is 0.185 e. The highest BCUT2D eigenvalue weighted by Crippen LogP contribution is 2.23. The van der Waals surface area contributed by atoms with E-state index in [2.05, 4.69) is 49.8 Å². The zero-order valence-corrected chi connectivity index (χ0v) is 14.5. The number of hydrogen-bond donors (Lipinski definition) is 1. The van der Waals surface area contributed by atoms with Gasteiger partial charge in [0, 0.05) is 43.4 Å². The van der Waals surface area contributed by atoms with Gasteiger partial charge in [-0.15, -0.1) is 11.3 Å². The summed E-state index contributed by atoms with van der Waals surface area (Å²) in [6.45, 7) is 14.5. The van der Waals surface area contributed by atoms with Crippen molar-refractivity contribution in [3.05, 3.63) is 11.1 Å². The van der Waals surface area contributed by atoms with E-state index in [0.29, 0.717) is 5.92 Å². The van der Waals surface area contributed by atoms with Crippen molar-refractivity contribution in [2.45, 2.75) is 46.7 Å². The maximum absolute atomic E-state index is 5.20. The molecule has 1 aromatic rings. The molecular weight excluding hydrogens is 270 g/mol. The minimum Gasteiger partial charge on any atom is -0.383 e. The molecule has 5 heteroatoms. The molecule has 4 nitrogen and oxygen atoms in total. The van der Waals surface area contributed by atoms with Crippen molar-refractivity contribution in [3.63, 3.8) is 0 Å². The number of hydrogen-bond acceptors (Lipinski definition) is 5. The van der Waals surface area contributed by atoms with Crippen molar-refractivity contribution in [3.8, 4) is 0 Å². The Morgan fingerprint density at radius 1 is 1.40 bits per heavy atom. The van der Waals surface area contributed by atoms with Gasteiger partial charge in [-0.3, -0.25) is 0 Å². The van der Waals surface area contributed by atoms with Crippen LogP contribution in [-0.4, -0.2) is 37.3 Å². The quantitative estimate of drug-likeness (QED) is 0.800. The Labute approximate surface area is 127 Å². The fraction of sp³-hybridized carbons (Fsp3) is 0.800. The summed E-state index contributed by atoms with van der Waals surface area (Å²) in [5.74, 6) is 0.618. The Bertz CT molecular complexity index is 385. The number of nitrogens with zero attached hydrogens (tertiary/aromatic N) is 2. The summed E-state index contributed by atoms with van der Waals surface area (Å²) in [4.78, 5) is 8.17. The molecule has 0 radical (unpaired) electrons. The molecule has 1 rings (SSSR count). The second-order valence-corrected chi connectivity index (χ2v) is 7.64. The van der Waals surface area contributed by atoms with Gasteiger partial charge >= 0.3 is 0 Å². The molecule has 20 heavy (non-hydrogen) atoms. The highest BCUT2D eigenvalue weighted by Gasteiger charge is 2.14. The predicted molar refractivity (Wildman–Crippen MR) is 87.6 cm³/mol. The van der Waals surface area contributed by atoms with E-state index in [1.54, 1.807) is 18.4 Å². The molecule has 0 fully saturated rings. The van der Waals surface area contributed by atoms with Crippen molar-refractivity contribution in [1.82, 2.24) is 10.3 Å². The molecule has 0 aliphatic heterocycles.